The molecule has 0 heterocycles. The van der Waals surface area contributed by atoms with E-state index in [0.29, 0.717) is 6.42 Å². The zero-order valence-electron chi connectivity index (χ0n) is 21.7. The molecule has 33 heavy (non-hydrogen) atoms. The molecule has 2 unspecified atom stereocenters. The third-order valence-corrected chi connectivity index (χ3v) is 6.27. The van der Waals surface area contributed by atoms with E-state index in [1.807, 2.05) is 0 Å². The number of hydrogen-bond acceptors (Lipinski definition) is 6. The molecule has 0 saturated carbocycles. The Morgan fingerprint density at radius 3 is 1.58 bits per heavy atom. The van der Waals surface area contributed by atoms with Crippen LogP contribution in [0.4, 0.5) is 0 Å². The van der Waals surface area contributed by atoms with Crippen LogP contribution < -0.4 is 0 Å². The Hall–Kier alpha value is -0.980. The summed E-state index contributed by atoms with van der Waals surface area (Å²) < 4.78 is 10.0. The molecule has 0 amide bonds. The number of aliphatic hydroxyl groups excluding tert-OH is 1. The lowest BCUT2D eigenvalue weighted by molar-refractivity contribution is -0.228. The molecule has 196 valence electrons. The maximum atomic E-state index is 12.3. The molecule has 0 aliphatic carbocycles. The van der Waals surface area contributed by atoms with Crippen LogP contribution in [0, 0.1) is 0 Å². The molecule has 0 radical (unpaired) electrons. The fourth-order valence-electron chi connectivity index (χ4n) is 3.81. The van der Waals surface area contributed by atoms with Crippen molar-refractivity contribution in [1.82, 2.24) is 0 Å². The van der Waals surface area contributed by atoms with Crippen molar-refractivity contribution in [3.8, 4) is 0 Å². The second-order valence-electron chi connectivity index (χ2n) is 9.32. The van der Waals surface area contributed by atoms with Crippen LogP contribution in [0.2, 0.25) is 0 Å². The smallest absolute Gasteiger partial charge is 0.351 e. The maximum absolute atomic E-state index is 12.3. The summed E-state index contributed by atoms with van der Waals surface area (Å²) in [4.78, 5) is 24.3. The molecule has 0 bridgehead atoms. The van der Waals surface area contributed by atoms with E-state index in [1.165, 1.54) is 64.2 Å². The van der Waals surface area contributed by atoms with Gasteiger partial charge in [0.15, 0.2) is 6.29 Å². The van der Waals surface area contributed by atoms with Gasteiger partial charge in [0.2, 0.25) is 5.60 Å². The van der Waals surface area contributed by atoms with Crippen molar-refractivity contribution in [2.24, 2.45) is 0 Å². The molecule has 6 heteroatoms. The predicted octanol–water partition coefficient (Wildman–Crippen LogP) is 6.59. The largest absolute Gasteiger partial charge is 0.391 e. The van der Waals surface area contributed by atoms with E-state index in [1.54, 1.807) is 6.92 Å². The van der Waals surface area contributed by atoms with E-state index < -0.39 is 23.8 Å². The van der Waals surface area contributed by atoms with E-state index in [9.17, 15) is 19.8 Å². The first kappa shape index (κ1) is 32.0. The number of ether oxygens (including phenoxy) is 2. The van der Waals surface area contributed by atoms with Crippen molar-refractivity contribution < 1.29 is 29.3 Å². The van der Waals surface area contributed by atoms with Gasteiger partial charge in [0.25, 0.3) is 0 Å². The molecule has 0 fully saturated rings. The Morgan fingerprint density at radius 2 is 1.12 bits per heavy atom. The molecule has 0 aromatic rings. The minimum absolute atomic E-state index is 0.103. The summed E-state index contributed by atoms with van der Waals surface area (Å²) >= 11 is 0. The van der Waals surface area contributed by atoms with Gasteiger partial charge in [-0.05, 0) is 19.3 Å². The molecule has 0 rings (SSSR count). The number of hydrogen-bond donors (Lipinski definition) is 2. The summed E-state index contributed by atoms with van der Waals surface area (Å²) in [6.07, 6.45) is 17.9. The van der Waals surface area contributed by atoms with Crippen LogP contribution >= 0.6 is 0 Å². The van der Waals surface area contributed by atoms with Crippen LogP contribution in [-0.2, 0) is 19.1 Å². The molecule has 6 nitrogen and oxygen atoms in total. The van der Waals surface area contributed by atoms with Gasteiger partial charge in [-0.15, -0.1) is 0 Å². The minimum Gasteiger partial charge on any atom is -0.391 e. The molecule has 0 aliphatic heterocycles. The van der Waals surface area contributed by atoms with Crippen molar-refractivity contribution in [2.45, 2.75) is 155 Å². The summed E-state index contributed by atoms with van der Waals surface area (Å²) in [5.41, 5.74) is -2.23. The van der Waals surface area contributed by atoms with E-state index >= 15 is 0 Å². The average Bonchev–Trinajstić information content (AvgIpc) is 2.81. The third kappa shape index (κ3) is 16.3. The van der Waals surface area contributed by atoms with Crippen LogP contribution in [0.3, 0.4) is 0 Å². The second kappa shape index (κ2) is 21.5. The Labute approximate surface area is 202 Å². The summed E-state index contributed by atoms with van der Waals surface area (Å²) in [6, 6.07) is 0. The molecule has 0 aromatic carbocycles. The number of carbonyl (C=O) groups is 2. The number of aliphatic hydroxyl groups is 2. The van der Waals surface area contributed by atoms with Crippen molar-refractivity contribution in [2.75, 3.05) is 6.61 Å². The Morgan fingerprint density at radius 1 is 0.697 bits per heavy atom. The zero-order valence-corrected chi connectivity index (χ0v) is 21.7. The van der Waals surface area contributed by atoms with Gasteiger partial charge in [-0.1, -0.05) is 117 Å². The maximum Gasteiger partial charge on any atom is 0.351 e. The highest BCUT2D eigenvalue weighted by Crippen LogP contribution is 2.20. The van der Waals surface area contributed by atoms with E-state index in [-0.39, 0.29) is 19.4 Å². The van der Waals surface area contributed by atoms with Crippen molar-refractivity contribution in [3.05, 3.63) is 0 Å². The fourth-order valence-corrected chi connectivity index (χ4v) is 3.81. The van der Waals surface area contributed by atoms with Gasteiger partial charge < -0.3 is 19.7 Å². The molecule has 0 saturated heterocycles. The van der Waals surface area contributed by atoms with E-state index in [2.05, 4.69) is 13.8 Å². The van der Waals surface area contributed by atoms with Crippen molar-refractivity contribution in [1.29, 1.82) is 0 Å². The number of esters is 2. The summed E-state index contributed by atoms with van der Waals surface area (Å²) in [6.45, 7) is 6.12. The lowest BCUT2D eigenvalue weighted by Crippen LogP contribution is -2.52. The van der Waals surface area contributed by atoms with Crippen LogP contribution in [0.15, 0.2) is 0 Å². The molecular weight excluding hydrogens is 420 g/mol. The lowest BCUT2D eigenvalue weighted by atomic mass is 10.0. The first-order valence-corrected chi connectivity index (χ1v) is 13.7. The van der Waals surface area contributed by atoms with Crippen LogP contribution in [-0.4, -0.2) is 40.6 Å². The molecule has 0 aliphatic rings. The zero-order chi connectivity index (χ0) is 24.8. The first-order valence-electron chi connectivity index (χ1n) is 13.7. The Kier molecular flexibility index (Phi) is 20.9. The highest BCUT2D eigenvalue weighted by Gasteiger charge is 2.45. The van der Waals surface area contributed by atoms with Gasteiger partial charge in [0.05, 0.1) is 0 Å². The molecule has 2 N–H and O–H groups in total. The monoisotopic (exact) mass is 472 g/mol. The van der Waals surface area contributed by atoms with Gasteiger partial charge in [-0.3, -0.25) is 4.79 Å². The quantitative estimate of drug-likeness (QED) is 0.0753. The molecular formula is C27H52O6. The second-order valence-corrected chi connectivity index (χ2v) is 9.32. The summed E-state index contributed by atoms with van der Waals surface area (Å²) in [5.74, 6) is -1.80. The highest BCUT2D eigenvalue weighted by molar-refractivity contribution is 5.90. The van der Waals surface area contributed by atoms with Crippen molar-refractivity contribution in [3.63, 3.8) is 0 Å². The number of unbranched alkanes of at least 4 members (excludes halogenated alkanes) is 15. The minimum atomic E-state index is -2.23. The highest BCUT2D eigenvalue weighted by atomic mass is 16.6. The predicted molar refractivity (Wildman–Crippen MR) is 133 cm³/mol. The lowest BCUT2D eigenvalue weighted by Gasteiger charge is -2.28. The summed E-state index contributed by atoms with van der Waals surface area (Å²) in [5, 5.41) is 20.6. The van der Waals surface area contributed by atoms with E-state index in [4.69, 9.17) is 9.47 Å². The average molecular weight is 473 g/mol. The third-order valence-electron chi connectivity index (χ3n) is 6.27. The van der Waals surface area contributed by atoms with Gasteiger partial charge in [-0.25, -0.2) is 4.79 Å². The van der Waals surface area contributed by atoms with Gasteiger partial charge >= 0.3 is 11.9 Å². The van der Waals surface area contributed by atoms with Crippen LogP contribution in [0.5, 0.6) is 0 Å². The van der Waals surface area contributed by atoms with Crippen LogP contribution in [0.1, 0.15) is 143 Å². The van der Waals surface area contributed by atoms with Gasteiger partial charge in [0, 0.05) is 13.0 Å². The van der Waals surface area contributed by atoms with Gasteiger partial charge in [-0.2, -0.15) is 0 Å². The van der Waals surface area contributed by atoms with Crippen molar-refractivity contribution >= 4 is 11.9 Å². The number of carbonyl (C=O) groups excluding carboxylic acids is 2. The molecule has 0 spiro atoms. The van der Waals surface area contributed by atoms with Gasteiger partial charge in [0.1, 0.15) is 0 Å². The molecule has 2 atom stereocenters. The number of rotatable bonds is 23. The molecule has 0 aromatic heterocycles. The SMILES string of the molecule is CCCCCCCCCCCCCCCC(=O)OC(=O)C(O)(CC)C(O)OCCCCCC. The Bertz CT molecular complexity index is 481. The van der Waals surface area contributed by atoms with Crippen LogP contribution in [0.25, 0.3) is 0 Å². The summed E-state index contributed by atoms with van der Waals surface area (Å²) in [7, 11) is 0. The standard InChI is InChI=1S/C27H52O6/c1-4-7-9-11-12-13-14-15-16-17-18-19-20-22-24(28)33-26(30)27(31,6-3)25(29)32-23-21-10-8-5-2/h25,29,31H,4-23H2,1-3H3. The van der Waals surface area contributed by atoms with E-state index in [0.717, 1.165) is 38.5 Å². The first-order chi connectivity index (χ1) is 15.9. The topological polar surface area (TPSA) is 93.1 Å². The normalized spacial score (nSPS) is 14.1. The fraction of sp³-hybridized carbons (Fsp3) is 0.926. The Balaban J connectivity index is 3.87.